The zero-order valence-electron chi connectivity index (χ0n) is 6.78. The van der Waals surface area contributed by atoms with Crippen LogP contribution in [0.5, 0.6) is 0 Å². The molecule has 0 heterocycles. The van der Waals surface area contributed by atoms with Crippen molar-refractivity contribution in [3.63, 3.8) is 0 Å². The first kappa shape index (κ1) is 13.3. The molecule has 0 aromatic rings. The zero-order valence-corrected chi connectivity index (χ0v) is 8.78. The smallest absolute Gasteiger partial charge is 0.545 e. The standard InChI is InChI=1S/C8H10O2.Na/c1-2-3-4-5-6-7-8(9)10;/h2-7H,1H3,(H,9,10);/q;+1/p-1/b3-2+,5-4+,7-6+;. The molecule has 11 heavy (non-hydrogen) atoms. The topological polar surface area (TPSA) is 40.1 Å². The predicted molar refractivity (Wildman–Crippen MR) is 38.1 cm³/mol. The van der Waals surface area contributed by atoms with Crippen LogP contribution in [0.1, 0.15) is 6.92 Å². The Morgan fingerprint density at radius 3 is 2.18 bits per heavy atom. The third-order valence-corrected chi connectivity index (χ3v) is 0.758. The van der Waals surface area contributed by atoms with E-state index in [4.69, 9.17) is 0 Å². The van der Waals surface area contributed by atoms with Gasteiger partial charge in [0.15, 0.2) is 0 Å². The van der Waals surface area contributed by atoms with Gasteiger partial charge in [-0.25, -0.2) is 0 Å². The number of carboxylic acids is 1. The molecule has 0 aliphatic heterocycles. The molecule has 3 heteroatoms. The van der Waals surface area contributed by atoms with Gasteiger partial charge < -0.3 is 9.90 Å². The van der Waals surface area contributed by atoms with Crippen molar-refractivity contribution in [2.45, 2.75) is 6.92 Å². The molecule has 0 N–H and O–H groups in total. The van der Waals surface area contributed by atoms with E-state index in [0.29, 0.717) is 0 Å². The molecular formula is C8H9NaO2. The van der Waals surface area contributed by atoms with Crippen LogP contribution >= 0.6 is 0 Å². The number of carbonyl (C=O) groups is 1. The number of rotatable bonds is 3. The van der Waals surface area contributed by atoms with E-state index in [1.807, 2.05) is 13.0 Å². The summed E-state index contributed by atoms with van der Waals surface area (Å²) in [6, 6.07) is 0. The van der Waals surface area contributed by atoms with Crippen molar-refractivity contribution in [1.29, 1.82) is 0 Å². The monoisotopic (exact) mass is 160 g/mol. The van der Waals surface area contributed by atoms with E-state index in [0.717, 1.165) is 6.08 Å². The summed E-state index contributed by atoms with van der Waals surface area (Å²) in [5.41, 5.74) is 0. The van der Waals surface area contributed by atoms with Crippen molar-refractivity contribution in [3.05, 3.63) is 36.5 Å². The van der Waals surface area contributed by atoms with Gasteiger partial charge in [0.25, 0.3) is 0 Å². The summed E-state index contributed by atoms with van der Waals surface area (Å²) >= 11 is 0. The maximum Gasteiger partial charge on any atom is 1.00 e. The number of hydrogen-bond acceptors (Lipinski definition) is 2. The van der Waals surface area contributed by atoms with Crippen molar-refractivity contribution in [2.24, 2.45) is 0 Å². The minimum Gasteiger partial charge on any atom is -0.545 e. The van der Waals surface area contributed by atoms with Gasteiger partial charge in [-0.3, -0.25) is 0 Å². The predicted octanol–water partition coefficient (Wildman–Crippen LogP) is -2.57. The van der Waals surface area contributed by atoms with E-state index in [1.54, 1.807) is 18.2 Å². The summed E-state index contributed by atoms with van der Waals surface area (Å²) in [4.78, 5) is 9.78. The summed E-state index contributed by atoms with van der Waals surface area (Å²) in [5.74, 6) is -1.18. The second kappa shape index (κ2) is 9.69. The number of hydrogen-bond donors (Lipinski definition) is 0. The molecule has 0 amide bonds. The number of aliphatic carboxylic acids is 1. The van der Waals surface area contributed by atoms with Gasteiger partial charge in [0.05, 0.1) is 5.97 Å². The third-order valence-electron chi connectivity index (χ3n) is 0.758. The van der Waals surface area contributed by atoms with Crippen LogP contribution in [0.15, 0.2) is 36.5 Å². The summed E-state index contributed by atoms with van der Waals surface area (Å²) in [6.45, 7) is 1.88. The number of carbonyl (C=O) groups excluding carboxylic acids is 1. The number of allylic oxidation sites excluding steroid dienone is 5. The first-order chi connectivity index (χ1) is 4.77. The Bertz CT molecular complexity index is 181. The minimum atomic E-state index is -1.18. The molecule has 0 saturated heterocycles. The fourth-order valence-corrected chi connectivity index (χ4v) is 0.374. The van der Waals surface area contributed by atoms with Crippen LogP contribution in [-0.4, -0.2) is 5.97 Å². The molecular weight excluding hydrogens is 151 g/mol. The quantitative estimate of drug-likeness (QED) is 0.258. The molecule has 0 fully saturated rings. The molecule has 0 aromatic carbocycles. The summed E-state index contributed by atoms with van der Waals surface area (Å²) in [6.07, 6.45) is 9.40. The first-order valence-corrected chi connectivity index (χ1v) is 2.94. The summed E-state index contributed by atoms with van der Waals surface area (Å²) in [5, 5.41) is 9.78. The van der Waals surface area contributed by atoms with Gasteiger partial charge in [0.2, 0.25) is 0 Å². The van der Waals surface area contributed by atoms with Crippen molar-refractivity contribution in [1.82, 2.24) is 0 Å². The molecule has 54 valence electrons. The molecule has 0 aliphatic carbocycles. The van der Waals surface area contributed by atoms with Crippen LogP contribution in [0.4, 0.5) is 0 Å². The zero-order chi connectivity index (χ0) is 7.82. The molecule has 0 unspecified atom stereocenters. The molecule has 0 saturated carbocycles. The van der Waals surface area contributed by atoms with Crippen LogP contribution in [-0.2, 0) is 4.79 Å². The van der Waals surface area contributed by atoms with Gasteiger partial charge >= 0.3 is 29.6 Å². The molecule has 2 nitrogen and oxygen atoms in total. The van der Waals surface area contributed by atoms with Gasteiger partial charge in [0, 0.05) is 0 Å². The molecule has 0 aromatic heterocycles. The Hall–Kier alpha value is -0.310. The first-order valence-electron chi connectivity index (χ1n) is 2.94. The molecule has 0 atom stereocenters. The van der Waals surface area contributed by atoms with Gasteiger partial charge in [-0.1, -0.05) is 30.4 Å². The van der Waals surface area contributed by atoms with E-state index in [9.17, 15) is 9.90 Å². The summed E-state index contributed by atoms with van der Waals surface area (Å²) in [7, 11) is 0. The minimum absolute atomic E-state index is 0. The van der Waals surface area contributed by atoms with Gasteiger partial charge in [0.1, 0.15) is 0 Å². The maximum atomic E-state index is 9.78. The molecule has 0 bridgehead atoms. The van der Waals surface area contributed by atoms with Crippen LogP contribution in [0.2, 0.25) is 0 Å². The summed E-state index contributed by atoms with van der Waals surface area (Å²) < 4.78 is 0. The Morgan fingerprint density at radius 1 is 1.18 bits per heavy atom. The Kier molecular flexibility index (Phi) is 11.7. The van der Waals surface area contributed by atoms with E-state index in [-0.39, 0.29) is 29.6 Å². The van der Waals surface area contributed by atoms with Gasteiger partial charge in [-0.2, -0.15) is 0 Å². The second-order valence-electron chi connectivity index (χ2n) is 1.59. The normalized spacial score (nSPS) is 11.0. The van der Waals surface area contributed by atoms with E-state index in [1.165, 1.54) is 6.08 Å². The van der Waals surface area contributed by atoms with E-state index < -0.39 is 5.97 Å². The van der Waals surface area contributed by atoms with E-state index >= 15 is 0 Å². The molecule has 0 aliphatic rings. The van der Waals surface area contributed by atoms with Crippen molar-refractivity contribution < 1.29 is 39.5 Å². The van der Waals surface area contributed by atoms with Gasteiger partial charge in [-0.05, 0) is 13.0 Å². The molecule has 0 radical (unpaired) electrons. The molecule has 0 spiro atoms. The van der Waals surface area contributed by atoms with Crippen molar-refractivity contribution in [3.8, 4) is 0 Å². The van der Waals surface area contributed by atoms with Gasteiger partial charge in [-0.15, -0.1) is 0 Å². The second-order valence-corrected chi connectivity index (χ2v) is 1.59. The van der Waals surface area contributed by atoms with Crippen LogP contribution in [0, 0.1) is 0 Å². The van der Waals surface area contributed by atoms with Crippen LogP contribution in [0.25, 0.3) is 0 Å². The molecule has 0 rings (SSSR count). The Balaban J connectivity index is 0. The third kappa shape index (κ3) is 12.8. The maximum absolute atomic E-state index is 9.78. The average molecular weight is 160 g/mol. The van der Waals surface area contributed by atoms with Crippen LogP contribution in [0.3, 0.4) is 0 Å². The fraction of sp³-hybridized carbons (Fsp3) is 0.125. The average Bonchev–Trinajstić information content (AvgIpc) is 1.87. The van der Waals surface area contributed by atoms with Crippen molar-refractivity contribution >= 4 is 5.97 Å². The number of carboxylic acid groups (broad SMARTS) is 1. The van der Waals surface area contributed by atoms with Crippen LogP contribution < -0.4 is 34.7 Å². The Morgan fingerprint density at radius 2 is 1.73 bits per heavy atom. The Labute approximate surface area is 88.6 Å². The van der Waals surface area contributed by atoms with E-state index in [2.05, 4.69) is 0 Å². The largest absolute Gasteiger partial charge is 1.00 e. The fourth-order valence-electron chi connectivity index (χ4n) is 0.374. The SMILES string of the molecule is C/C=C/C=C/C=C/C(=O)[O-].[Na+]. The van der Waals surface area contributed by atoms with Crippen molar-refractivity contribution in [2.75, 3.05) is 0 Å².